The Bertz CT molecular complexity index is 766. The number of para-hydroxylation sites is 1. The molecule has 6 heteroatoms. The fourth-order valence-corrected chi connectivity index (χ4v) is 2.40. The van der Waals surface area contributed by atoms with Gasteiger partial charge in [-0.1, -0.05) is 18.2 Å². The Morgan fingerprint density at radius 2 is 1.82 bits per heavy atom. The van der Waals surface area contributed by atoms with Crippen molar-refractivity contribution in [1.29, 1.82) is 0 Å². The van der Waals surface area contributed by atoms with Crippen LogP contribution < -0.4 is 4.74 Å². The van der Waals surface area contributed by atoms with Crippen molar-refractivity contribution in [2.75, 3.05) is 0 Å². The molecule has 0 aliphatic carbocycles. The van der Waals surface area contributed by atoms with Crippen LogP contribution in [0.3, 0.4) is 0 Å². The lowest BCUT2D eigenvalue weighted by Crippen LogP contribution is -2.33. The molecular weight excluding hydrogens is 286 g/mol. The van der Waals surface area contributed by atoms with Gasteiger partial charge in [0.15, 0.2) is 5.78 Å². The highest BCUT2D eigenvalue weighted by Crippen LogP contribution is 2.29. The predicted octanol–water partition coefficient (Wildman–Crippen LogP) is 2.56. The monoisotopic (exact) mass is 297 g/mol. The third-order valence-corrected chi connectivity index (χ3v) is 3.57. The zero-order valence-corrected chi connectivity index (χ0v) is 11.4. The molecule has 0 spiro atoms. The Morgan fingerprint density at radius 1 is 1.14 bits per heavy atom. The van der Waals surface area contributed by atoms with E-state index in [9.17, 15) is 19.7 Å². The van der Waals surface area contributed by atoms with Crippen LogP contribution in [0.2, 0.25) is 0 Å². The van der Waals surface area contributed by atoms with E-state index in [2.05, 4.69) is 0 Å². The molecule has 1 heterocycles. The number of carbonyl (C=O) groups excluding carboxylic acids is 2. The van der Waals surface area contributed by atoms with Gasteiger partial charge in [0.05, 0.1) is 4.92 Å². The Kier molecular flexibility index (Phi) is 3.42. The van der Waals surface area contributed by atoms with Crippen molar-refractivity contribution >= 4 is 17.4 Å². The van der Waals surface area contributed by atoms with Crippen LogP contribution in [0.4, 0.5) is 5.69 Å². The van der Waals surface area contributed by atoms with Crippen LogP contribution in [0.25, 0.3) is 0 Å². The number of nitro groups is 1. The number of hydrogen-bond acceptors (Lipinski definition) is 5. The number of hydrogen-bond donors (Lipinski definition) is 0. The second-order valence-corrected chi connectivity index (χ2v) is 4.95. The molecular formula is C16H11NO5. The first-order chi connectivity index (χ1) is 10.6. The molecule has 0 saturated carbocycles. The Hall–Kier alpha value is -3.02. The second kappa shape index (κ2) is 5.40. The van der Waals surface area contributed by atoms with E-state index in [4.69, 9.17) is 4.74 Å². The number of rotatable bonds is 3. The molecule has 0 bridgehead atoms. The van der Waals surface area contributed by atoms with Gasteiger partial charge in [-0.05, 0) is 30.2 Å². The third kappa shape index (κ3) is 2.46. The van der Waals surface area contributed by atoms with Gasteiger partial charge in [0.1, 0.15) is 11.7 Å². The molecule has 22 heavy (non-hydrogen) atoms. The molecule has 0 aromatic heterocycles. The molecule has 0 fully saturated rings. The number of non-ortho nitro benzene ring substituents is 1. The Labute approximate surface area is 125 Å². The minimum atomic E-state index is -0.920. The van der Waals surface area contributed by atoms with Crippen LogP contribution in [0, 0.1) is 16.0 Å². The van der Waals surface area contributed by atoms with Crippen LogP contribution in [0.1, 0.15) is 15.9 Å². The molecule has 0 radical (unpaired) electrons. The van der Waals surface area contributed by atoms with E-state index in [1.54, 1.807) is 18.2 Å². The van der Waals surface area contributed by atoms with Gasteiger partial charge in [0.25, 0.3) is 5.69 Å². The van der Waals surface area contributed by atoms with Gasteiger partial charge < -0.3 is 4.74 Å². The smallest absolute Gasteiger partial charge is 0.322 e. The largest absolute Gasteiger partial charge is 0.426 e. The number of nitrogens with zero attached hydrogens (tertiary/aromatic N) is 1. The highest BCUT2D eigenvalue weighted by atomic mass is 16.6. The van der Waals surface area contributed by atoms with E-state index in [0.717, 1.165) is 5.56 Å². The maximum Gasteiger partial charge on any atom is 0.322 e. The van der Waals surface area contributed by atoms with Crippen LogP contribution in [-0.2, 0) is 11.2 Å². The summed E-state index contributed by atoms with van der Waals surface area (Å²) in [5.41, 5.74) is 0.947. The minimum absolute atomic E-state index is 0.104. The minimum Gasteiger partial charge on any atom is -0.426 e. The number of fused-ring (bicyclic) bond motifs is 1. The maximum absolute atomic E-state index is 12.4. The second-order valence-electron chi connectivity index (χ2n) is 4.95. The molecule has 0 unspecified atom stereocenters. The van der Waals surface area contributed by atoms with Gasteiger partial charge >= 0.3 is 5.97 Å². The molecule has 1 aliphatic rings. The van der Waals surface area contributed by atoms with Crippen molar-refractivity contribution < 1.29 is 19.2 Å². The van der Waals surface area contributed by atoms with Gasteiger partial charge in [-0.2, -0.15) is 0 Å². The number of benzene rings is 2. The highest BCUT2D eigenvalue weighted by molar-refractivity contribution is 6.09. The average Bonchev–Trinajstić information content (AvgIpc) is 2.53. The van der Waals surface area contributed by atoms with Crippen molar-refractivity contribution in [2.45, 2.75) is 6.42 Å². The number of carbonyl (C=O) groups is 2. The standard InChI is InChI=1S/C16H11NO5/c18-15(10-5-7-12(8-6-10)17(20)21)13-9-11-3-1-2-4-14(11)22-16(13)19/h1-8,13H,9H2/t13-/m1/s1. The zero-order chi connectivity index (χ0) is 15.7. The first kappa shape index (κ1) is 13.9. The summed E-state index contributed by atoms with van der Waals surface area (Å²) in [5.74, 6) is -1.44. The highest BCUT2D eigenvalue weighted by Gasteiger charge is 2.34. The van der Waals surface area contributed by atoms with Gasteiger partial charge in [-0.25, -0.2) is 0 Å². The fraction of sp³-hybridized carbons (Fsp3) is 0.125. The number of nitro benzene ring substituents is 1. The van der Waals surface area contributed by atoms with Crippen LogP contribution >= 0.6 is 0 Å². The topological polar surface area (TPSA) is 86.5 Å². The maximum atomic E-state index is 12.4. The van der Waals surface area contributed by atoms with Crippen molar-refractivity contribution in [3.05, 3.63) is 69.8 Å². The summed E-state index contributed by atoms with van der Waals surface area (Å²) >= 11 is 0. The number of ketones is 1. The van der Waals surface area contributed by atoms with Gasteiger partial charge in [-0.3, -0.25) is 19.7 Å². The molecule has 1 atom stereocenters. The lowest BCUT2D eigenvalue weighted by molar-refractivity contribution is -0.384. The summed E-state index contributed by atoms with van der Waals surface area (Å²) in [7, 11) is 0. The molecule has 2 aromatic rings. The van der Waals surface area contributed by atoms with Crippen LogP contribution in [0.15, 0.2) is 48.5 Å². The van der Waals surface area contributed by atoms with Crippen molar-refractivity contribution in [3.63, 3.8) is 0 Å². The quantitative estimate of drug-likeness (QED) is 0.217. The van der Waals surface area contributed by atoms with Crippen LogP contribution in [0.5, 0.6) is 5.75 Å². The average molecular weight is 297 g/mol. The summed E-state index contributed by atoms with van der Waals surface area (Å²) in [5, 5.41) is 10.6. The van der Waals surface area contributed by atoms with Crippen molar-refractivity contribution in [3.8, 4) is 5.75 Å². The third-order valence-electron chi connectivity index (χ3n) is 3.57. The van der Waals surface area contributed by atoms with Gasteiger partial charge in [0, 0.05) is 17.7 Å². The molecule has 0 N–H and O–H groups in total. The molecule has 6 nitrogen and oxygen atoms in total. The predicted molar refractivity (Wildman–Crippen MR) is 76.7 cm³/mol. The number of esters is 1. The molecule has 3 rings (SSSR count). The number of Topliss-reactive ketones (excluding diaryl/α,β-unsaturated/α-hetero) is 1. The van der Waals surface area contributed by atoms with E-state index in [-0.39, 0.29) is 17.7 Å². The fourth-order valence-electron chi connectivity index (χ4n) is 2.40. The van der Waals surface area contributed by atoms with E-state index in [0.29, 0.717) is 5.75 Å². The molecule has 1 aliphatic heterocycles. The van der Waals surface area contributed by atoms with E-state index >= 15 is 0 Å². The normalized spacial score (nSPS) is 16.5. The Morgan fingerprint density at radius 3 is 2.50 bits per heavy atom. The molecule has 110 valence electrons. The summed E-state index contributed by atoms with van der Waals surface area (Å²) in [6.07, 6.45) is 0.269. The van der Waals surface area contributed by atoms with Gasteiger partial charge in [-0.15, -0.1) is 0 Å². The first-order valence-corrected chi connectivity index (χ1v) is 6.64. The van der Waals surface area contributed by atoms with E-state index in [1.165, 1.54) is 24.3 Å². The van der Waals surface area contributed by atoms with E-state index < -0.39 is 22.6 Å². The lowest BCUT2D eigenvalue weighted by atomic mass is 9.89. The summed E-state index contributed by atoms with van der Waals surface area (Å²) < 4.78 is 5.18. The number of ether oxygens (including phenoxy) is 1. The Balaban J connectivity index is 1.86. The first-order valence-electron chi connectivity index (χ1n) is 6.64. The molecule has 0 saturated heterocycles. The van der Waals surface area contributed by atoms with Gasteiger partial charge in [0.2, 0.25) is 0 Å². The van der Waals surface area contributed by atoms with E-state index in [1.807, 2.05) is 6.07 Å². The summed E-state index contributed by atoms with van der Waals surface area (Å²) in [4.78, 5) is 34.5. The molecule has 0 amide bonds. The summed E-state index contributed by atoms with van der Waals surface area (Å²) in [6.45, 7) is 0. The van der Waals surface area contributed by atoms with Crippen molar-refractivity contribution in [2.24, 2.45) is 5.92 Å². The van der Waals surface area contributed by atoms with Crippen LogP contribution in [-0.4, -0.2) is 16.7 Å². The zero-order valence-electron chi connectivity index (χ0n) is 11.4. The summed E-state index contributed by atoms with van der Waals surface area (Å²) in [6, 6.07) is 12.3. The van der Waals surface area contributed by atoms with Crippen molar-refractivity contribution in [1.82, 2.24) is 0 Å². The molecule has 2 aromatic carbocycles. The lowest BCUT2D eigenvalue weighted by Gasteiger charge is -2.22. The SMILES string of the molecule is O=C1Oc2ccccc2C[C@@H]1C(=O)c1ccc([N+](=O)[O-])cc1.